The predicted molar refractivity (Wildman–Crippen MR) is 89.1 cm³/mol. The summed E-state index contributed by atoms with van der Waals surface area (Å²) in [7, 11) is 0. The molecule has 2 heterocycles. The molecule has 0 aliphatic heterocycles. The van der Waals surface area contributed by atoms with Crippen molar-refractivity contribution in [3.05, 3.63) is 40.1 Å². The number of amides is 1. The highest BCUT2D eigenvalue weighted by molar-refractivity contribution is 9.10. The van der Waals surface area contributed by atoms with E-state index in [1.54, 1.807) is 17.6 Å². The first-order valence-corrected chi connectivity index (χ1v) is 7.79. The lowest BCUT2D eigenvalue weighted by molar-refractivity contribution is 0.0990. The molecule has 0 bridgehead atoms. The molecule has 3 aromatic rings. The van der Waals surface area contributed by atoms with E-state index in [2.05, 4.69) is 36.4 Å². The molecule has 0 saturated heterocycles. The van der Waals surface area contributed by atoms with Crippen LogP contribution in [0.3, 0.4) is 0 Å². The molecule has 23 heavy (non-hydrogen) atoms. The number of H-pyrrole nitrogens is 1. The number of halogens is 1. The highest BCUT2D eigenvalue weighted by atomic mass is 79.9. The van der Waals surface area contributed by atoms with Gasteiger partial charge in [0.05, 0.1) is 5.52 Å². The van der Waals surface area contributed by atoms with Crippen LogP contribution in [0.4, 0.5) is 5.69 Å². The number of carbonyl (C=O) groups excluding carboxylic acids is 1. The zero-order valence-electron chi connectivity index (χ0n) is 12.5. The second kappa shape index (κ2) is 5.96. The fourth-order valence-electron chi connectivity index (χ4n) is 2.39. The molecule has 0 saturated carbocycles. The van der Waals surface area contributed by atoms with Gasteiger partial charge in [0.25, 0.3) is 0 Å². The third kappa shape index (κ3) is 2.77. The lowest BCUT2D eigenvalue weighted by Gasteiger charge is -2.01. The van der Waals surface area contributed by atoms with Crippen molar-refractivity contribution in [2.45, 2.75) is 20.4 Å². The number of hydrogen-bond acceptors (Lipinski definition) is 4. The van der Waals surface area contributed by atoms with Crippen LogP contribution in [-0.4, -0.2) is 25.8 Å². The molecule has 2 aromatic heterocycles. The minimum atomic E-state index is -0.568. The van der Waals surface area contributed by atoms with Crippen LogP contribution in [0.1, 0.15) is 23.1 Å². The smallest absolute Gasteiger partial charge is 0.315 e. The summed E-state index contributed by atoms with van der Waals surface area (Å²) in [4.78, 5) is 12.0. The number of aromatic hydroxyl groups is 1. The van der Waals surface area contributed by atoms with Crippen molar-refractivity contribution in [3.8, 4) is 5.88 Å². The summed E-state index contributed by atoms with van der Waals surface area (Å²) in [6, 6.07) is 7.18. The maximum absolute atomic E-state index is 12.0. The molecule has 0 aliphatic carbocycles. The Morgan fingerprint density at radius 3 is 2.87 bits per heavy atom. The lowest BCUT2D eigenvalue weighted by Crippen LogP contribution is -1.93. The molecule has 0 aliphatic rings. The fraction of sp³-hybridized carbons (Fsp3) is 0.200. The van der Waals surface area contributed by atoms with Crippen molar-refractivity contribution in [2.24, 2.45) is 10.2 Å². The summed E-state index contributed by atoms with van der Waals surface area (Å²) >= 11 is 3.40. The van der Waals surface area contributed by atoms with Gasteiger partial charge in [0.1, 0.15) is 0 Å². The molecular weight excluding hydrogens is 362 g/mol. The summed E-state index contributed by atoms with van der Waals surface area (Å²) in [5, 5.41) is 25.2. The van der Waals surface area contributed by atoms with Crippen LogP contribution >= 0.6 is 15.9 Å². The van der Waals surface area contributed by atoms with E-state index in [0.29, 0.717) is 11.9 Å². The molecule has 0 radical (unpaired) electrons. The van der Waals surface area contributed by atoms with Crippen LogP contribution < -0.4 is 0 Å². The highest BCUT2D eigenvalue weighted by Gasteiger charge is 2.17. The van der Waals surface area contributed by atoms with Gasteiger partial charge in [-0.25, -0.2) is 0 Å². The average molecular weight is 376 g/mol. The van der Waals surface area contributed by atoms with Gasteiger partial charge in [-0.3, -0.25) is 9.89 Å². The Morgan fingerprint density at radius 1 is 1.43 bits per heavy atom. The van der Waals surface area contributed by atoms with Crippen LogP contribution in [-0.2, 0) is 6.54 Å². The Labute approximate surface area is 140 Å². The molecule has 0 spiro atoms. The Bertz CT molecular complexity index is 925. The Kier molecular flexibility index (Phi) is 3.99. The van der Waals surface area contributed by atoms with Crippen molar-refractivity contribution in [2.75, 3.05) is 0 Å². The van der Waals surface area contributed by atoms with E-state index in [1.165, 1.54) is 0 Å². The Balaban J connectivity index is 2.05. The quantitative estimate of drug-likeness (QED) is 0.674. The van der Waals surface area contributed by atoms with Crippen molar-refractivity contribution in [3.63, 3.8) is 0 Å². The lowest BCUT2D eigenvalue weighted by atomic mass is 10.2. The monoisotopic (exact) mass is 375 g/mol. The van der Waals surface area contributed by atoms with E-state index in [1.807, 2.05) is 25.1 Å². The Hall–Kier alpha value is -2.48. The molecule has 2 N–H and O–H groups in total. The van der Waals surface area contributed by atoms with E-state index < -0.39 is 5.91 Å². The van der Waals surface area contributed by atoms with Crippen LogP contribution in [0.25, 0.3) is 10.9 Å². The topological polar surface area (TPSA) is 95.6 Å². The summed E-state index contributed by atoms with van der Waals surface area (Å²) in [5.41, 5.74) is 2.04. The number of carbonyl (C=O) groups is 1. The first-order chi connectivity index (χ1) is 11.0. The second-order valence-corrected chi connectivity index (χ2v) is 5.93. The number of hydrogen-bond donors (Lipinski definition) is 2. The number of aromatic nitrogens is 3. The Morgan fingerprint density at radius 2 is 2.22 bits per heavy atom. The van der Waals surface area contributed by atoms with Gasteiger partial charge in [-0.2, -0.15) is 5.10 Å². The summed E-state index contributed by atoms with van der Waals surface area (Å²) < 4.78 is 2.56. The van der Waals surface area contributed by atoms with E-state index in [4.69, 9.17) is 0 Å². The second-order valence-electron chi connectivity index (χ2n) is 5.02. The molecule has 7 nitrogen and oxygen atoms in total. The first-order valence-electron chi connectivity index (χ1n) is 7.00. The molecule has 0 atom stereocenters. The third-order valence-electron chi connectivity index (χ3n) is 3.45. The molecule has 0 unspecified atom stereocenters. The minimum Gasteiger partial charge on any atom is -0.493 e. The van der Waals surface area contributed by atoms with Crippen molar-refractivity contribution < 1.29 is 9.90 Å². The molecular formula is C15H14BrN5O2. The zero-order chi connectivity index (χ0) is 16.6. The number of aromatic amines is 1. The summed E-state index contributed by atoms with van der Waals surface area (Å²) in [5.74, 6) is -0.587. The number of aryl methyl sites for hydroxylation is 2. The van der Waals surface area contributed by atoms with Crippen LogP contribution in [0.15, 0.2) is 39.0 Å². The number of benzene rings is 1. The van der Waals surface area contributed by atoms with E-state index in [0.717, 1.165) is 15.7 Å². The van der Waals surface area contributed by atoms with Gasteiger partial charge in [0.2, 0.25) is 5.88 Å². The van der Waals surface area contributed by atoms with Gasteiger partial charge in [-0.05, 0) is 38.1 Å². The van der Waals surface area contributed by atoms with E-state index >= 15 is 0 Å². The standard InChI is InChI=1S/C15H14BrN5O2/c1-3-21-12-5-4-9(16)7-10(12)13(15(21)23)19-20-14(22)11-6-8(2)17-18-11/h4-7,23H,3H2,1-2H3,(H,17,18). The largest absolute Gasteiger partial charge is 0.493 e. The number of rotatable bonds is 3. The maximum atomic E-state index is 12.0. The highest BCUT2D eigenvalue weighted by Crippen LogP contribution is 2.40. The van der Waals surface area contributed by atoms with Crippen LogP contribution in [0.2, 0.25) is 0 Å². The zero-order valence-corrected chi connectivity index (χ0v) is 14.1. The van der Waals surface area contributed by atoms with Crippen LogP contribution in [0.5, 0.6) is 5.88 Å². The molecule has 1 aromatic carbocycles. The molecule has 118 valence electrons. The minimum absolute atomic E-state index is 0.0182. The molecule has 3 rings (SSSR count). The van der Waals surface area contributed by atoms with Gasteiger partial charge < -0.3 is 9.67 Å². The number of nitrogens with zero attached hydrogens (tertiary/aromatic N) is 4. The first kappa shape index (κ1) is 15.4. The normalized spacial score (nSPS) is 11.6. The summed E-state index contributed by atoms with van der Waals surface area (Å²) in [6.07, 6.45) is 0. The maximum Gasteiger partial charge on any atom is 0.315 e. The van der Waals surface area contributed by atoms with Gasteiger partial charge in [0.15, 0.2) is 11.4 Å². The SMILES string of the molecule is CCn1c(O)c(N=NC(=O)c2cc(C)[nH]n2)c2cc(Br)ccc21. The van der Waals surface area contributed by atoms with Gasteiger partial charge >= 0.3 is 5.91 Å². The van der Waals surface area contributed by atoms with Gasteiger partial charge in [-0.1, -0.05) is 15.9 Å². The van der Waals surface area contributed by atoms with E-state index in [-0.39, 0.29) is 17.3 Å². The van der Waals surface area contributed by atoms with Gasteiger partial charge in [0, 0.05) is 22.1 Å². The van der Waals surface area contributed by atoms with Crippen LogP contribution in [0, 0.1) is 6.92 Å². The van der Waals surface area contributed by atoms with Crippen molar-refractivity contribution in [1.29, 1.82) is 0 Å². The summed E-state index contributed by atoms with van der Waals surface area (Å²) in [6.45, 7) is 4.28. The number of fused-ring (bicyclic) bond motifs is 1. The molecule has 1 amide bonds. The third-order valence-corrected chi connectivity index (χ3v) is 3.95. The fourth-order valence-corrected chi connectivity index (χ4v) is 2.75. The molecule has 0 fully saturated rings. The molecule has 8 heteroatoms. The predicted octanol–water partition coefficient (Wildman–Crippen LogP) is 4.08. The number of azo groups is 1. The van der Waals surface area contributed by atoms with Gasteiger partial charge in [-0.15, -0.1) is 10.2 Å². The number of nitrogens with one attached hydrogen (secondary N) is 1. The van der Waals surface area contributed by atoms with Crippen molar-refractivity contribution >= 4 is 38.4 Å². The van der Waals surface area contributed by atoms with E-state index in [9.17, 15) is 9.90 Å². The average Bonchev–Trinajstić information content (AvgIpc) is 3.06. The van der Waals surface area contributed by atoms with Crippen molar-refractivity contribution in [1.82, 2.24) is 14.8 Å².